The number of amides is 2. The number of nitrogens with two attached hydrogens (primary N) is 1. The molecule has 3 N–H and O–H groups in total. The van der Waals surface area contributed by atoms with E-state index in [2.05, 4.69) is 5.32 Å². The molecule has 0 unspecified atom stereocenters. The van der Waals surface area contributed by atoms with E-state index in [0.717, 1.165) is 0 Å². The summed E-state index contributed by atoms with van der Waals surface area (Å²) in [4.78, 5) is 23.7. The second-order valence-electron chi connectivity index (χ2n) is 8.11. The molecule has 2 aromatic rings. The van der Waals surface area contributed by atoms with Crippen molar-refractivity contribution in [1.29, 1.82) is 5.26 Å². The number of methoxy groups -OCH3 is 1. The Kier molecular flexibility index (Phi) is 7.86. The number of rotatable bonds is 8. The van der Waals surface area contributed by atoms with Crippen molar-refractivity contribution in [2.24, 2.45) is 11.1 Å². The lowest BCUT2D eigenvalue weighted by Gasteiger charge is -2.22. The molecule has 0 aliphatic heterocycles. The first-order valence-corrected chi connectivity index (χ1v) is 9.74. The standard InChI is InChI=1S/C23H27N3O5/c1-23(2,3)12-11-19(31-22(25)28)21(27)26-16-6-9-17(10-7-16)30-18-8-5-15(14-24)20(13-18)29-4/h5-10,13,19H,11-12H2,1-4H3,(H2,25,28)(H,26,27)/t19-/m1/s1. The van der Waals surface area contributed by atoms with E-state index in [1.54, 1.807) is 42.5 Å². The molecule has 1 atom stereocenters. The molecule has 2 rings (SSSR count). The van der Waals surface area contributed by atoms with Gasteiger partial charge in [-0.05, 0) is 54.7 Å². The summed E-state index contributed by atoms with van der Waals surface area (Å²) in [5.41, 5.74) is 6.02. The Labute approximate surface area is 181 Å². The molecule has 0 radical (unpaired) electrons. The van der Waals surface area contributed by atoms with Crippen molar-refractivity contribution in [2.75, 3.05) is 12.4 Å². The molecule has 0 saturated heterocycles. The van der Waals surface area contributed by atoms with Gasteiger partial charge in [0.15, 0.2) is 6.10 Å². The lowest BCUT2D eigenvalue weighted by molar-refractivity contribution is -0.124. The Hall–Kier alpha value is -3.73. The number of nitrogens with zero attached hydrogens (tertiary/aromatic N) is 1. The maximum Gasteiger partial charge on any atom is 0.405 e. The van der Waals surface area contributed by atoms with Gasteiger partial charge in [-0.1, -0.05) is 20.8 Å². The average molecular weight is 425 g/mol. The monoisotopic (exact) mass is 425 g/mol. The van der Waals surface area contributed by atoms with Crippen LogP contribution in [0.25, 0.3) is 0 Å². The van der Waals surface area contributed by atoms with E-state index in [9.17, 15) is 9.59 Å². The molecule has 0 saturated carbocycles. The number of hydrogen-bond donors (Lipinski definition) is 2. The molecule has 0 aliphatic rings. The molecule has 31 heavy (non-hydrogen) atoms. The highest BCUT2D eigenvalue weighted by Gasteiger charge is 2.24. The van der Waals surface area contributed by atoms with Crippen LogP contribution in [0.1, 0.15) is 39.2 Å². The molecular formula is C23H27N3O5. The number of nitriles is 1. The Morgan fingerprint density at radius 3 is 2.32 bits per heavy atom. The van der Waals surface area contributed by atoms with Gasteiger partial charge < -0.3 is 25.3 Å². The van der Waals surface area contributed by atoms with Gasteiger partial charge in [-0.25, -0.2) is 4.79 Å². The lowest BCUT2D eigenvalue weighted by atomic mass is 9.89. The molecule has 2 amide bonds. The Morgan fingerprint density at radius 1 is 1.13 bits per heavy atom. The van der Waals surface area contributed by atoms with E-state index in [0.29, 0.717) is 41.3 Å². The van der Waals surface area contributed by atoms with Gasteiger partial charge in [0.05, 0.1) is 12.7 Å². The quantitative estimate of drug-likeness (QED) is 0.637. The second-order valence-corrected chi connectivity index (χ2v) is 8.11. The zero-order valence-corrected chi connectivity index (χ0v) is 18.1. The van der Waals surface area contributed by atoms with Crippen LogP contribution in [0, 0.1) is 16.7 Å². The summed E-state index contributed by atoms with van der Waals surface area (Å²) in [6.45, 7) is 6.11. The number of benzene rings is 2. The third-order valence-corrected chi connectivity index (χ3v) is 4.36. The number of ether oxygens (including phenoxy) is 3. The summed E-state index contributed by atoms with van der Waals surface area (Å²) in [5.74, 6) is 1.00. The second kappa shape index (κ2) is 10.3. The van der Waals surface area contributed by atoms with E-state index in [4.69, 9.17) is 25.2 Å². The molecular weight excluding hydrogens is 398 g/mol. The molecule has 0 heterocycles. The van der Waals surface area contributed by atoms with Crippen LogP contribution in [0.5, 0.6) is 17.2 Å². The van der Waals surface area contributed by atoms with E-state index >= 15 is 0 Å². The van der Waals surface area contributed by atoms with Gasteiger partial charge in [-0.2, -0.15) is 5.26 Å². The van der Waals surface area contributed by atoms with Crippen molar-refractivity contribution < 1.29 is 23.8 Å². The van der Waals surface area contributed by atoms with Crippen molar-refractivity contribution in [1.82, 2.24) is 0 Å². The molecule has 0 aromatic heterocycles. The summed E-state index contributed by atoms with van der Waals surface area (Å²) in [6, 6.07) is 13.6. The Bertz CT molecular complexity index is 959. The maximum absolute atomic E-state index is 12.6. The van der Waals surface area contributed by atoms with Crippen LogP contribution in [0.4, 0.5) is 10.5 Å². The van der Waals surface area contributed by atoms with Gasteiger partial charge in [0.25, 0.3) is 5.91 Å². The average Bonchev–Trinajstić information content (AvgIpc) is 2.71. The van der Waals surface area contributed by atoms with Crippen molar-refractivity contribution in [3.05, 3.63) is 48.0 Å². The normalized spacial score (nSPS) is 11.7. The van der Waals surface area contributed by atoms with Crippen LogP contribution in [-0.4, -0.2) is 25.2 Å². The first kappa shape index (κ1) is 23.5. The van der Waals surface area contributed by atoms with Crippen molar-refractivity contribution >= 4 is 17.7 Å². The maximum atomic E-state index is 12.6. The summed E-state index contributed by atoms with van der Waals surface area (Å²) in [6.07, 6.45) is -0.923. The number of anilines is 1. The first-order chi connectivity index (χ1) is 14.6. The fraction of sp³-hybridized carbons (Fsp3) is 0.348. The predicted molar refractivity (Wildman–Crippen MR) is 116 cm³/mol. The van der Waals surface area contributed by atoms with Crippen molar-refractivity contribution in [3.63, 3.8) is 0 Å². The van der Waals surface area contributed by atoms with Crippen LogP contribution in [0.3, 0.4) is 0 Å². The third-order valence-electron chi connectivity index (χ3n) is 4.36. The smallest absolute Gasteiger partial charge is 0.405 e. The van der Waals surface area contributed by atoms with Crippen LogP contribution in [0.2, 0.25) is 0 Å². The minimum Gasteiger partial charge on any atom is -0.495 e. The van der Waals surface area contributed by atoms with Gasteiger partial charge in [-0.3, -0.25) is 4.79 Å². The highest BCUT2D eigenvalue weighted by atomic mass is 16.6. The molecule has 164 valence electrons. The van der Waals surface area contributed by atoms with Crippen molar-refractivity contribution in [3.8, 4) is 23.3 Å². The number of carbonyl (C=O) groups excluding carboxylic acids is 2. The Morgan fingerprint density at radius 2 is 1.77 bits per heavy atom. The highest BCUT2D eigenvalue weighted by molar-refractivity contribution is 5.95. The number of hydrogen-bond acceptors (Lipinski definition) is 6. The molecule has 2 aromatic carbocycles. The van der Waals surface area contributed by atoms with Crippen LogP contribution in [-0.2, 0) is 9.53 Å². The van der Waals surface area contributed by atoms with E-state index in [1.807, 2.05) is 26.8 Å². The van der Waals surface area contributed by atoms with E-state index < -0.39 is 18.1 Å². The number of carbonyl (C=O) groups is 2. The topological polar surface area (TPSA) is 124 Å². The SMILES string of the molecule is COc1cc(Oc2ccc(NC(=O)[C@@H](CCC(C)(C)C)OC(N)=O)cc2)ccc1C#N. The van der Waals surface area contributed by atoms with Gasteiger partial charge in [0.2, 0.25) is 0 Å². The van der Waals surface area contributed by atoms with E-state index in [1.165, 1.54) is 7.11 Å². The lowest BCUT2D eigenvalue weighted by Crippen LogP contribution is -2.35. The van der Waals surface area contributed by atoms with Gasteiger partial charge in [0.1, 0.15) is 23.3 Å². The third kappa shape index (κ3) is 7.55. The van der Waals surface area contributed by atoms with Gasteiger partial charge >= 0.3 is 6.09 Å². The van der Waals surface area contributed by atoms with Crippen LogP contribution in [0.15, 0.2) is 42.5 Å². The molecule has 0 aliphatic carbocycles. The molecule has 8 heteroatoms. The molecule has 0 spiro atoms. The molecule has 0 fully saturated rings. The highest BCUT2D eigenvalue weighted by Crippen LogP contribution is 2.29. The minimum absolute atomic E-state index is 0.0212. The van der Waals surface area contributed by atoms with Crippen molar-refractivity contribution in [2.45, 2.75) is 39.7 Å². The molecule has 8 nitrogen and oxygen atoms in total. The van der Waals surface area contributed by atoms with Crippen LogP contribution < -0.4 is 20.5 Å². The molecule has 0 bridgehead atoms. The summed E-state index contributed by atoms with van der Waals surface area (Å²) >= 11 is 0. The summed E-state index contributed by atoms with van der Waals surface area (Å²) in [5, 5.41) is 11.8. The summed E-state index contributed by atoms with van der Waals surface area (Å²) in [7, 11) is 1.48. The number of primary amides is 1. The zero-order valence-electron chi connectivity index (χ0n) is 18.1. The fourth-order valence-corrected chi connectivity index (χ4v) is 2.74. The zero-order chi connectivity index (χ0) is 23.0. The number of nitrogens with one attached hydrogen (secondary N) is 1. The first-order valence-electron chi connectivity index (χ1n) is 9.74. The largest absolute Gasteiger partial charge is 0.495 e. The van der Waals surface area contributed by atoms with Gasteiger partial charge in [0, 0.05) is 11.8 Å². The van der Waals surface area contributed by atoms with Gasteiger partial charge in [-0.15, -0.1) is 0 Å². The van der Waals surface area contributed by atoms with E-state index in [-0.39, 0.29) is 5.41 Å². The fourth-order valence-electron chi connectivity index (χ4n) is 2.74. The minimum atomic E-state index is -0.990. The van der Waals surface area contributed by atoms with Crippen LogP contribution >= 0.6 is 0 Å². The Balaban J connectivity index is 2.04. The summed E-state index contributed by atoms with van der Waals surface area (Å²) < 4.78 is 15.9. The predicted octanol–water partition coefficient (Wildman–Crippen LogP) is 4.59.